The molecule has 0 aliphatic heterocycles. The molecule has 0 bridgehead atoms. The third-order valence-electron chi connectivity index (χ3n) is 1.81. The summed E-state index contributed by atoms with van der Waals surface area (Å²) < 4.78 is 0.278. The number of hydrogen-bond acceptors (Lipinski definition) is 3. The van der Waals surface area contributed by atoms with Gasteiger partial charge in [-0.3, -0.25) is 4.98 Å². The lowest BCUT2D eigenvalue weighted by molar-refractivity contribution is 0.777. The van der Waals surface area contributed by atoms with Gasteiger partial charge >= 0.3 is 0 Å². The molecule has 0 radical (unpaired) electrons. The second kappa shape index (κ2) is 4.80. The van der Waals surface area contributed by atoms with Crippen LogP contribution >= 0.6 is 11.8 Å². The molecular formula is C11H18N2S. The minimum atomic E-state index is 0.0907. The van der Waals surface area contributed by atoms with E-state index in [9.17, 15) is 0 Å². The van der Waals surface area contributed by atoms with Crippen molar-refractivity contribution in [1.29, 1.82) is 0 Å². The van der Waals surface area contributed by atoms with Crippen molar-refractivity contribution in [2.24, 2.45) is 5.73 Å². The summed E-state index contributed by atoms with van der Waals surface area (Å²) in [5, 5.41) is 0. The second-order valence-corrected chi connectivity index (χ2v) is 6.16. The van der Waals surface area contributed by atoms with Gasteiger partial charge in [-0.05, 0) is 11.6 Å². The molecule has 0 saturated heterocycles. The summed E-state index contributed by atoms with van der Waals surface area (Å²) in [5.74, 6) is 0.940. The molecule has 2 nitrogen and oxygen atoms in total. The molecule has 1 heterocycles. The van der Waals surface area contributed by atoms with Crippen molar-refractivity contribution in [3.8, 4) is 0 Å². The van der Waals surface area contributed by atoms with Crippen LogP contribution in [0, 0.1) is 0 Å². The Labute approximate surface area is 90.3 Å². The maximum Gasteiger partial charge on any atom is 0.0402 e. The van der Waals surface area contributed by atoms with Gasteiger partial charge in [-0.2, -0.15) is 11.8 Å². The standard InChI is InChI=1S/C11H18N2S/c1-11(2,3)14-8-10(12)9-5-4-6-13-7-9/h4-7,10H,8,12H2,1-3H3. The van der Waals surface area contributed by atoms with Crippen LogP contribution in [-0.4, -0.2) is 15.5 Å². The van der Waals surface area contributed by atoms with Crippen molar-refractivity contribution < 1.29 is 0 Å². The van der Waals surface area contributed by atoms with E-state index >= 15 is 0 Å². The normalized spacial score (nSPS) is 14.0. The second-order valence-electron chi connectivity index (χ2n) is 4.32. The predicted molar refractivity (Wildman–Crippen MR) is 63.4 cm³/mol. The lowest BCUT2D eigenvalue weighted by Crippen LogP contribution is -2.18. The Kier molecular flexibility index (Phi) is 3.96. The molecule has 1 unspecified atom stereocenters. The zero-order chi connectivity index (χ0) is 10.6. The Bertz CT molecular complexity index is 266. The first-order chi connectivity index (χ1) is 6.49. The van der Waals surface area contributed by atoms with Crippen molar-refractivity contribution >= 4 is 11.8 Å². The molecule has 0 spiro atoms. The number of pyridine rings is 1. The molecular weight excluding hydrogens is 192 g/mol. The van der Waals surface area contributed by atoms with Crippen molar-refractivity contribution in [2.45, 2.75) is 31.6 Å². The molecule has 0 saturated carbocycles. The van der Waals surface area contributed by atoms with E-state index < -0.39 is 0 Å². The van der Waals surface area contributed by atoms with Crippen LogP contribution in [-0.2, 0) is 0 Å². The fourth-order valence-electron chi connectivity index (χ4n) is 1.03. The van der Waals surface area contributed by atoms with E-state index in [2.05, 4.69) is 25.8 Å². The summed E-state index contributed by atoms with van der Waals surface area (Å²) in [4.78, 5) is 4.06. The number of nitrogens with two attached hydrogens (primary N) is 1. The lowest BCUT2D eigenvalue weighted by atomic mass is 10.2. The SMILES string of the molecule is CC(C)(C)SCC(N)c1cccnc1. The summed E-state index contributed by atoms with van der Waals surface area (Å²) in [6.45, 7) is 6.61. The van der Waals surface area contributed by atoms with Crippen LogP contribution in [0.1, 0.15) is 32.4 Å². The molecule has 0 aliphatic carbocycles. The largest absolute Gasteiger partial charge is 0.323 e. The van der Waals surface area contributed by atoms with Crippen LogP contribution in [0.25, 0.3) is 0 Å². The van der Waals surface area contributed by atoms with Gasteiger partial charge < -0.3 is 5.73 Å². The first kappa shape index (κ1) is 11.5. The highest BCUT2D eigenvalue weighted by Crippen LogP contribution is 2.26. The highest BCUT2D eigenvalue weighted by molar-refractivity contribution is 8.00. The topological polar surface area (TPSA) is 38.9 Å². The highest BCUT2D eigenvalue weighted by Gasteiger charge is 2.14. The number of aromatic nitrogens is 1. The van der Waals surface area contributed by atoms with Gasteiger partial charge in [0, 0.05) is 28.9 Å². The smallest absolute Gasteiger partial charge is 0.0402 e. The Morgan fingerprint density at radius 2 is 2.21 bits per heavy atom. The van der Waals surface area contributed by atoms with Gasteiger partial charge in [0.25, 0.3) is 0 Å². The zero-order valence-electron chi connectivity index (χ0n) is 9.03. The van der Waals surface area contributed by atoms with Crippen molar-refractivity contribution in [3.05, 3.63) is 30.1 Å². The fourth-order valence-corrected chi connectivity index (χ4v) is 1.90. The monoisotopic (exact) mass is 210 g/mol. The zero-order valence-corrected chi connectivity index (χ0v) is 9.84. The van der Waals surface area contributed by atoms with Crippen molar-refractivity contribution in [3.63, 3.8) is 0 Å². The molecule has 1 aromatic rings. The molecule has 0 amide bonds. The van der Waals surface area contributed by atoms with Crippen molar-refractivity contribution in [1.82, 2.24) is 4.98 Å². The van der Waals surface area contributed by atoms with E-state index in [0.717, 1.165) is 11.3 Å². The van der Waals surface area contributed by atoms with Gasteiger partial charge in [-0.1, -0.05) is 26.8 Å². The van der Waals surface area contributed by atoms with Crippen LogP contribution in [0.3, 0.4) is 0 Å². The average Bonchev–Trinajstić information content (AvgIpc) is 2.14. The maximum absolute atomic E-state index is 6.04. The third kappa shape index (κ3) is 4.11. The van der Waals surface area contributed by atoms with Gasteiger partial charge in [0.1, 0.15) is 0 Å². The summed E-state index contributed by atoms with van der Waals surface area (Å²) in [6, 6.07) is 4.05. The van der Waals surface area contributed by atoms with Gasteiger partial charge in [0.2, 0.25) is 0 Å². The van der Waals surface area contributed by atoms with E-state index in [1.54, 1.807) is 6.20 Å². The minimum Gasteiger partial charge on any atom is -0.323 e. The Morgan fingerprint density at radius 3 is 2.71 bits per heavy atom. The quantitative estimate of drug-likeness (QED) is 0.833. The number of nitrogens with zero attached hydrogens (tertiary/aromatic N) is 1. The Balaban J connectivity index is 2.48. The van der Waals surface area contributed by atoms with Crippen LogP contribution in [0.4, 0.5) is 0 Å². The summed E-state index contributed by atoms with van der Waals surface area (Å²) in [5.41, 5.74) is 7.16. The molecule has 0 fully saturated rings. The molecule has 0 aliphatic rings. The minimum absolute atomic E-state index is 0.0907. The fraction of sp³-hybridized carbons (Fsp3) is 0.545. The molecule has 14 heavy (non-hydrogen) atoms. The summed E-state index contributed by atoms with van der Waals surface area (Å²) in [7, 11) is 0. The first-order valence-electron chi connectivity index (χ1n) is 4.78. The van der Waals surface area contributed by atoms with Crippen LogP contribution in [0.15, 0.2) is 24.5 Å². The van der Waals surface area contributed by atoms with Gasteiger partial charge in [0.05, 0.1) is 0 Å². The van der Waals surface area contributed by atoms with Crippen LogP contribution in [0.5, 0.6) is 0 Å². The van der Waals surface area contributed by atoms with Crippen LogP contribution < -0.4 is 5.73 Å². The predicted octanol–water partition coefficient (Wildman–Crippen LogP) is 2.61. The molecule has 2 N–H and O–H groups in total. The van der Waals surface area contributed by atoms with Crippen LogP contribution in [0.2, 0.25) is 0 Å². The molecule has 1 aromatic heterocycles. The van der Waals surface area contributed by atoms with E-state index in [1.807, 2.05) is 30.1 Å². The highest BCUT2D eigenvalue weighted by atomic mass is 32.2. The number of thioether (sulfide) groups is 1. The van der Waals surface area contributed by atoms with E-state index in [1.165, 1.54) is 0 Å². The Hall–Kier alpha value is -0.540. The number of hydrogen-bond donors (Lipinski definition) is 1. The maximum atomic E-state index is 6.04. The average molecular weight is 210 g/mol. The molecule has 1 atom stereocenters. The molecule has 78 valence electrons. The van der Waals surface area contributed by atoms with E-state index in [-0.39, 0.29) is 10.8 Å². The Morgan fingerprint density at radius 1 is 1.50 bits per heavy atom. The summed E-state index contributed by atoms with van der Waals surface area (Å²) in [6.07, 6.45) is 3.61. The third-order valence-corrected chi connectivity index (χ3v) is 3.20. The van der Waals surface area contributed by atoms with Gasteiger partial charge in [0.15, 0.2) is 0 Å². The van der Waals surface area contributed by atoms with E-state index in [4.69, 9.17) is 5.73 Å². The lowest BCUT2D eigenvalue weighted by Gasteiger charge is -2.20. The van der Waals surface area contributed by atoms with Gasteiger partial charge in [-0.25, -0.2) is 0 Å². The van der Waals surface area contributed by atoms with E-state index in [0.29, 0.717) is 0 Å². The van der Waals surface area contributed by atoms with Crippen molar-refractivity contribution in [2.75, 3.05) is 5.75 Å². The number of rotatable bonds is 3. The molecule has 1 rings (SSSR count). The molecule has 0 aromatic carbocycles. The van der Waals surface area contributed by atoms with Gasteiger partial charge in [-0.15, -0.1) is 0 Å². The first-order valence-corrected chi connectivity index (χ1v) is 5.77. The summed E-state index contributed by atoms with van der Waals surface area (Å²) >= 11 is 1.88. The molecule has 3 heteroatoms.